The molecule has 94 valence electrons. The summed E-state index contributed by atoms with van der Waals surface area (Å²) in [6.07, 6.45) is 1.74. The summed E-state index contributed by atoms with van der Waals surface area (Å²) in [5.74, 6) is -0.197. The van der Waals surface area contributed by atoms with Gasteiger partial charge in [0.15, 0.2) is 0 Å². The van der Waals surface area contributed by atoms with Crippen molar-refractivity contribution >= 4 is 21.9 Å². The Balaban J connectivity index is 2.36. The van der Waals surface area contributed by atoms with E-state index in [1.165, 1.54) is 0 Å². The van der Waals surface area contributed by atoms with Crippen LogP contribution in [-0.4, -0.2) is 22.8 Å². The molecule has 1 aromatic heterocycles. The average molecular weight is 310 g/mol. The number of benzene rings is 1. The van der Waals surface area contributed by atoms with Crippen LogP contribution < -0.4 is 4.74 Å². The molecule has 0 unspecified atom stereocenters. The minimum absolute atomic E-state index is 0.261. The van der Waals surface area contributed by atoms with Gasteiger partial charge in [0.1, 0.15) is 11.4 Å². The summed E-state index contributed by atoms with van der Waals surface area (Å²) in [7, 11) is 1.60. The Kier molecular flexibility index (Phi) is 3.72. The molecular weight excluding hydrogens is 298 g/mol. The number of hydrogen-bond donors (Lipinski definition) is 1. The Bertz CT molecular complexity index is 577. The molecule has 0 atom stereocenters. The second-order valence-corrected chi connectivity index (χ2v) is 4.70. The summed E-state index contributed by atoms with van der Waals surface area (Å²) < 4.78 is 7.87. The molecule has 0 aliphatic rings. The normalized spacial score (nSPS) is 10.3. The van der Waals surface area contributed by atoms with Gasteiger partial charge in [-0.15, -0.1) is 0 Å². The molecule has 4 nitrogen and oxygen atoms in total. The second-order valence-electron chi connectivity index (χ2n) is 3.78. The maximum Gasteiger partial charge on any atom is 0.352 e. The van der Waals surface area contributed by atoms with Gasteiger partial charge < -0.3 is 14.4 Å². The molecule has 2 aromatic rings. The van der Waals surface area contributed by atoms with E-state index < -0.39 is 5.97 Å². The molecule has 0 saturated heterocycles. The number of carboxylic acids is 1. The lowest BCUT2D eigenvalue weighted by Gasteiger charge is -2.11. The molecule has 2 rings (SSSR count). The first-order chi connectivity index (χ1) is 8.61. The van der Waals surface area contributed by atoms with E-state index in [2.05, 4.69) is 15.9 Å². The molecule has 0 radical (unpaired) electrons. The van der Waals surface area contributed by atoms with Gasteiger partial charge in [-0.3, -0.25) is 0 Å². The van der Waals surface area contributed by atoms with Crippen molar-refractivity contribution in [3.05, 3.63) is 52.3 Å². The largest absolute Gasteiger partial charge is 0.496 e. The van der Waals surface area contributed by atoms with Crippen molar-refractivity contribution in [2.24, 2.45) is 0 Å². The van der Waals surface area contributed by atoms with Crippen molar-refractivity contribution in [3.63, 3.8) is 0 Å². The van der Waals surface area contributed by atoms with E-state index in [1.807, 2.05) is 18.2 Å². The Hall–Kier alpha value is -1.75. The van der Waals surface area contributed by atoms with Crippen LogP contribution in [0.4, 0.5) is 0 Å². The number of aromatic carboxylic acids is 1. The summed E-state index contributed by atoms with van der Waals surface area (Å²) in [5, 5.41) is 9.05. The molecule has 0 aliphatic heterocycles. The van der Waals surface area contributed by atoms with Gasteiger partial charge in [0, 0.05) is 16.2 Å². The molecule has 0 saturated carbocycles. The number of nitrogens with zero attached hydrogens (tertiary/aromatic N) is 1. The van der Waals surface area contributed by atoms with Crippen molar-refractivity contribution < 1.29 is 14.6 Å². The summed E-state index contributed by atoms with van der Waals surface area (Å²) in [6, 6.07) is 8.95. The maximum atomic E-state index is 11.0. The summed E-state index contributed by atoms with van der Waals surface area (Å²) >= 11 is 3.40. The summed E-state index contributed by atoms with van der Waals surface area (Å²) in [6.45, 7) is 0.456. The smallest absolute Gasteiger partial charge is 0.352 e. The standard InChI is InChI=1S/C13H12BrNO3/c1-18-12-5-4-10(14)7-9(12)8-15-6-2-3-11(15)13(16)17/h2-7H,8H2,1H3,(H,16,17). The van der Waals surface area contributed by atoms with Crippen molar-refractivity contribution in [1.29, 1.82) is 0 Å². The molecule has 18 heavy (non-hydrogen) atoms. The third kappa shape index (κ3) is 2.56. The van der Waals surface area contributed by atoms with Crippen LogP contribution in [0.25, 0.3) is 0 Å². The van der Waals surface area contributed by atoms with Gasteiger partial charge >= 0.3 is 5.97 Å². The molecule has 0 fully saturated rings. The van der Waals surface area contributed by atoms with Gasteiger partial charge in [0.25, 0.3) is 0 Å². The average Bonchev–Trinajstić information content (AvgIpc) is 2.77. The molecule has 0 aliphatic carbocycles. The van der Waals surface area contributed by atoms with E-state index in [0.29, 0.717) is 6.54 Å². The van der Waals surface area contributed by atoms with Crippen molar-refractivity contribution in [3.8, 4) is 5.75 Å². The minimum Gasteiger partial charge on any atom is -0.496 e. The SMILES string of the molecule is COc1ccc(Br)cc1Cn1cccc1C(=O)O. The third-order valence-electron chi connectivity index (χ3n) is 2.63. The first-order valence-corrected chi connectivity index (χ1v) is 6.12. The van der Waals surface area contributed by atoms with Crippen LogP contribution in [0.1, 0.15) is 16.1 Å². The van der Waals surface area contributed by atoms with Crippen LogP contribution >= 0.6 is 15.9 Å². The van der Waals surface area contributed by atoms with Crippen molar-refractivity contribution in [2.45, 2.75) is 6.54 Å². The predicted molar refractivity (Wildman–Crippen MR) is 71.2 cm³/mol. The summed E-state index contributed by atoms with van der Waals surface area (Å²) in [5.41, 5.74) is 1.18. The number of carbonyl (C=O) groups is 1. The molecule has 5 heteroatoms. The highest BCUT2D eigenvalue weighted by Gasteiger charge is 2.11. The molecule has 1 heterocycles. The molecule has 1 N–H and O–H groups in total. The predicted octanol–water partition coefficient (Wildman–Crippen LogP) is 3.01. The van der Waals surface area contributed by atoms with Gasteiger partial charge in [-0.05, 0) is 30.3 Å². The highest BCUT2D eigenvalue weighted by molar-refractivity contribution is 9.10. The zero-order valence-corrected chi connectivity index (χ0v) is 11.3. The van der Waals surface area contributed by atoms with Gasteiger partial charge in [-0.1, -0.05) is 15.9 Å². The first kappa shape index (κ1) is 12.7. The zero-order valence-electron chi connectivity index (χ0n) is 9.76. The van der Waals surface area contributed by atoms with E-state index in [-0.39, 0.29) is 5.69 Å². The number of aromatic nitrogens is 1. The Morgan fingerprint density at radius 1 is 1.44 bits per heavy atom. The monoisotopic (exact) mass is 309 g/mol. The van der Waals surface area contributed by atoms with Crippen LogP contribution in [0.3, 0.4) is 0 Å². The van der Waals surface area contributed by atoms with Crippen LogP contribution in [0.5, 0.6) is 5.75 Å². The topological polar surface area (TPSA) is 51.5 Å². The van der Waals surface area contributed by atoms with Crippen LogP contribution in [0.15, 0.2) is 41.0 Å². The number of rotatable bonds is 4. The number of carboxylic acid groups (broad SMARTS) is 1. The Morgan fingerprint density at radius 3 is 2.89 bits per heavy atom. The van der Waals surface area contributed by atoms with Gasteiger partial charge in [0.05, 0.1) is 13.7 Å². The maximum absolute atomic E-state index is 11.0. The second kappa shape index (κ2) is 5.27. The number of ether oxygens (including phenoxy) is 1. The summed E-state index contributed by atoms with van der Waals surface area (Å²) in [4.78, 5) is 11.0. The van der Waals surface area contributed by atoms with Gasteiger partial charge in [-0.25, -0.2) is 4.79 Å². The fraction of sp³-hybridized carbons (Fsp3) is 0.154. The van der Waals surface area contributed by atoms with Crippen molar-refractivity contribution in [2.75, 3.05) is 7.11 Å². The van der Waals surface area contributed by atoms with Gasteiger partial charge in [0.2, 0.25) is 0 Å². The highest BCUT2D eigenvalue weighted by atomic mass is 79.9. The first-order valence-electron chi connectivity index (χ1n) is 5.32. The van der Waals surface area contributed by atoms with Crippen LogP contribution in [0.2, 0.25) is 0 Å². The van der Waals surface area contributed by atoms with E-state index in [9.17, 15) is 4.79 Å². The van der Waals surface area contributed by atoms with Crippen LogP contribution in [-0.2, 0) is 6.54 Å². The molecule has 0 amide bonds. The Labute approximate surface area is 113 Å². The van der Waals surface area contributed by atoms with E-state index in [0.717, 1.165) is 15.8 Å². The van der Waals surface area contributed by atoms with E-state index >= 15 is 0 Å². The van der Waals surface area contributed by atoms with Crippen LogP contribution in [0, 0.1) is 0 Å². The fourth-order valence-electron chi connectivity index (χ4n) is 1.80. The lowest BCUT2D eigenvalue weighted by molar-refractivity contribution is 0.0685. The molecular formula is C13H12BrNO3. The molecule has 0 spiro atoms. The van der Waals surface area contributed by atoms with E-state index in [4.69, 9.17) is 9.84 Å². The quantitative estimate of drug-likeness (QED) is 0.944. The number of methoxy groups -OCH3 is 1. The fourth-order valence-corrected chi connectivity index (χ4v) is 2.21. The third-order valence-corrected chi connectivity index (χ3v) is 3.13. The van der Waals surface area contributed by atoms with E-state index in [1.54, 1.807) is 30.0 Å². The number of halogens is 1. The zero-order chi connectivity index (χ0) is 13.1. The van der Waals surface area contributed by atoms with Gasteiger partial charge in [-0.2, -0.15) is 0 Å². The molecule has 0 bridgehead atoms. The van der Waals surface area contributed by atoms with Crippen molar-refractivity contribution in [1.82, 2.24) is 4.57 Å². The highest BCUT2D eigenvalue weighted by Crippen LogP contribution is 2.24. The Morgan fingerprint density at radius 2 is 2.22 bits per heavy atom. The number of hydrogen-bond acceptors (Lipinski definition) is 2. The molecule has 1 aromatic carbocycles. The lowest BCUT2D eigenvalue weighted by Crippen LogP contribution is -2.09. The lowest BCUT2D eigenvalue weighted by atomic mass is 10.2. The minimum atomic E-state index is -0.936.